The zero-order valence-corrected chi connectivity index (χ0v) is 41.3. The Hall–Kier alpha value is -6.52. The first-order valence-electron chi connectivity index (χ1n) is 27.0. The van der Waals surface area contributed by atoms with Crippen molar-refractivity contribution in [1.29, 1.82) is 0 Å². The molecule has 1 aliphatic heterocycles. The number of nitrogens with zero attached hydrogens (tertiary/aromatic N) is 4. The quantitative estimate of drug-likeness (QED) is 0.137. The van der Waals surface area contributed by atoms with Crippen molar-refractivity contribution >= 4 is 50.1 Å². The van der Waals surface area contributed by atoms with Crippen LogP contribution in [0, 0.1) is 24.7 Å². The molecule has 7 aliphatic carbocycles. The second-order valence-corrected chi connectivity index (χ2v) is 21.6. The molecule has 2 fully saturated rings. The number of rotatable bonds is 9. The highest BCUT2D eigenvalue weighted by Gasteiger charge is 2.46. The van der Waals surface area contributed by atoms with E-state index in [9.17, 15) is 0 Å². The first-order chi connectivity index (χ1) is 34.6. The van der Waals surface area contributed by atoms with Gasteiger partial charge >= 0.3 is 0 Å². The topological polar surface area (TPSA) is 14.7 Å². The number of fused-ring (bicyclic) bond motifs is 7. The lowest BCUT2D eigenvalue weighted by Gasteiger charge is -2.42. The Balaban J connectivity index is 0.843. The third kappa shape index (κ3) is 7.65. The fourth-order valence-electron chi connectivity index (χ4n) is 14.0. The van der Waals surface area contributed by atoms with Crippen LogP contribution in [-0.4, -0.2) is 27.6 Å². The van der Waals surface area contributed by atoms with Gasteiger partial charge in [0.05, 0.1) is 23.1 Å². The average molecular weight is 917 g/mol. The van der Waals surface area contributed by atoms with Gasteiger partial charge in [0.2, 0.25) is 0 Å². The number of anilines is 2. The van der Waals surface area contributed by atoms with Gasteiger partial charge in [-0.05, 0) is 180 Å². The van der Waals surface area contributed by atoms with Gasteiger partial charge in [-0.2, -0.15) is 0 Å². The number of hydrogen-bond acceptors (Lipinski definition) is 3. The molecule has 70 heavy (non-hydrogen) atoms. The van der Waals surface area contributed by atoms with Gasteiger partial charge in [-0.25, -0.2) is 0 Å². The molecule has 4 heteroatoms. The van der Waals surface area contributed by atoms with Crippen molar-refractivity contribution in [2.24, 2.45) is 17.8 Å². The molecule has 0 bridgehead atoms. The maximum absolute atomic E-state index is 2.82. The predicted molar refractivity (Wildman–Crippen MR) is 295 cm³/mol. The van der Waals surface area contributed by atoms with Crippen molar-refractivity contribution in [2.75, 3.05) is 9.80 Å². The molecule has 4 atom stereocenters. The highest BCUT2D eigenvalue weighted by Crippen LogP contribution is 2.49. The third-order valence-corrected chi connectivity index (χ3v) is 17.4. The highest BCUT2D eigenvalue weighted by atomic mass is 15.2. The van der Waals surface area contributed by atoms with Crippen LogP contribution in [0.1, 0.15) is 102 Å². The van der Waals surface area contributed by atoms with Gasteiger partial charge in [0, 0.05) is 67.8 Å². The van der Waals surface area contributed by atoms with Crippen LogP contribution >= 0.6 is 0 Å². The standard InChI is InChI=1S/C66H68N4/c1-45-25-31-50(32-26-45)67(53-37-40-65-60(43-53)58-21-11-13-23-62(58)69(65)48-15-5-3-6-16-48)51-35-29-47(30-36-51)55-39-42-64(57-20-10-9-19-56(55)57)68(52-33-27-46(2)28-34-52)54-38-41-66-61(44-54)59-22-12-14-24-63(59)70(66)49-17-7-4-8-18-49/h3-5,7,9-10,12-15,17,19-20,22-27,31-34,37-38,41,43-44,46-47,51,58,62,65H,6,8,11,16,18,21,28-30,35-36,39-40,42H2,1-2H3. The van der Waals surface area contributed by atoms with E-state index < -0.39 is 0 Å². The van der Waals surface area contributed by atoms with E-state index in [1.165, 1.54) is 116 Å². The van der Waals surface area contributed by atoms with Crippen LogP contribution in [0.4, 0.5) is 11.4 Å². The highest BCUT2D eigenvalue weighted by molar-refractivity contribution is 6.11. The van der Waals surface area contributed by atoms with E-state index in [0.29, 0.717) is 35.9 Å². The molecule has 8 aliphatic rings. The lowest BCUT2D eigenvalue weighted by Crippen LogP contribution is -2.42. The summed E-state index contributed by atoms with van der Waals surface area (Å²) in [7, 11) is 0. The van der Waals surface area contributed by atoms with Crippen LogP contribution in [0.15, 0.2) is 193 Å². The summed E-state index contributed by atoms with van der Waals surface area (Å²) in [5.74, 6) is 1.74. The Morgan fingerprint density at radius 2 is 1.36 bits per heavy atom. The SMILES string of the molecule is Cc1ccc(N(C2=CCC3C(=C2)C2CCC=CC2N3C2=CC=CCC2)C2CCC(C3=c4ccccc4=C(N(C4=CCC(C)C=C4)c4ccc5c(c4)c4ccccc4n5C4=CC=CCC4)CC3)CC2)cc1. The molecule has 352 valence electrons. The van der Waals surface area contributed by atoms with Gasteiger partial charge < -0.3 is 19.3 Å². The van der Waals surface area contributed by atoms with Gasteiger partial charge in [0.1, 0.15) is 0 Å². The van der Waals surface area contributed by atoms with E-state index in [4.69, 9.17) is 0 Å². The Morgan fingerprint density at radius 3 is 2.14 bits per heavy atom. The summed E-state index contributed by atoms with van der Waals surface area (Å²) >= 11 is 0. The van der Waals surface area contributed by atoms with Crippen molar-refractivity contribution < 1.29 is 0 Å². The van der Waals surface area contributed by atoms with E-state index >= 15 is 0 Å². The summed E-state index contributed by atoms with van der Waals surface area (Å²) in [4.78, 5) is 8.24. The Kier molecular flexibility index (Phi) is 11.4. The fourth-order valence-corrected chi connectivity index (χ4v) is 14.0. The van der Waals surface area contributed by atoms with Crippen LogP contribution in [0.2, 0.25) is 0 Å². The Morgan fingerprint density at radius 1 is 0.614 bits per heavy atom. The monoisotopic (exact) mass is 917 g/mol. The summed E-state index contributed by atoms with van der Waals surface area (Å²) in [6, 6.07) is 36.6. The van der Waals surface area contributed by atoms with Gasteiger partial charge in [-0.3, -0.25) is 0 Å². The number of hydrogen-bond donors (Lipinski definition) is 0. The normalized spacial score (nSPS) is 26.0. The van der Waals surface area contributed by atoms with Gasteiger partial charge in [0.25, 0.3) is 0 Å². The maximum Gasteiger partial charge on any atom is 0.0548 e. The van der Waals surface area contributed by atoms with Crippen molar-refractivity contribution in [2.45, 2.75) is 122 Å². The molecule has 1 aromatic heterocycles. The molecule has 5 aromatic rings. The van der Waals surface area contributed by atoms with Crippen molar-refractivity contribution in [3.63, 3.8) is 0 Å². The third-order valence-electron chi connectivity index (χ3n) is 17.4. The molecule has 0 radical (unpaired) electrons. The smallest absolute Gasteiger partial charge is 0.0548 e. The summed E-state index contributed by atoms with van der Waals surface area (Å²) in [5.41, 5.74) is 17.0. The summed E-state index contributed by atoms with van der Waals surface area (Å²) in [6.07, 6.45) is 47.5. The van der Waals surface area contributed by atoms with E-state index in [1.807, 2.05) is 0 Å². The minimum absolute atomic E-state index is 0.469. The zero-order valence-electron chi connectivity index (χ0n) is 41.3. The number of aryl methyl sites for hydroxylation is 1. The molecule has 0 amide bonds. The summed E-state index contributed by atoms with van der Waals surface area (Å²) in [5, 5.41) is 5.54. The first-order valence-corrected chi connectivity index (χ1v) is 27.0. The number of aromatic nitrogens is 1. The van der Waals surface area contributed by atoms with Crippen molar-refractivity contribution in [1.82, 2.24) is 9.47 Å². The fraction of sp³-hybridized carbons (Fsp3) is 0.333. The van der Waals surface area contributed by atoms with Crippen LogP contribution < -0.4 is 20.2 Å². The number of likely N-dealkylation sites (tertiary alicyclic amines) is 1. The van der Waals surface area contributed by atoms with Crippen LogP contribution in [0.3, 0.4) is 0 Å². The molecule has 13 rings (SSSR count). The summed E-state index contributed by atoms with van der Waals surface area (Å²) < 4.78 is 2.52. The van der Waals surface area contributed by atoms with Crippen LogP contribution in [-0.2, 0) is 0 Å². The zero-order chi connectivity index (χ0) is 46.7. The van der Waals surface area contributed by atoms with Gasteiger partial charge in [-0.15, -0.1) is 0 Å². The van der Waals surface area contributed by atoms with Crippen LogP contribution in [0.5, 0.6) is 0 Å². The molecule has 1 saturated heterocycles. The van der Waals surface area contributed by atoms with Gasteiger partial charge in [-0.1, -0.05) is 127 Å². The minimum atomic E-state index is 0.469. The Labute approximate surface area is 415 Å². The van der Waals surface area contributed by atoms with E-state index in [1.54, 1.807) is 11.1 Å². The van der Waals surface area contributed by atoms with Gasteiger partial charge in [0.15, 0.2) is 0 Å². The Bertz CT molecular complexity index is 3290. The molecule has 4 unspecified atom stereocenters. The number of allylic oxidation sites excluding steroid dienone is 13. The second-order valence-electron chi connectivity index (χ2n) is 21.6. The summed E-state index contributed by atoms with van der Waals surface area (Å²) in [6.45, 7) is 4.56. The lowest BCUT2D eigenvalue weighted by atomic mass is 9.76. The largest absolute Gasteiger partial charge is 0.361 e. The van der Waals surface area contributed by atoms with E-state index in [2.05, 4.69) is 203 Å². The average Bonchev–Trinajstić information content (AvgIpc) is 3.93. The van der Waals surface area contributed by atoms with E-state index in [-0.39, 0.29) is 0 Å². The van der Waals surface area contributed by atoms with Crippen LogP contribution in [0.25, 0.3) is 38.8 Å². The molecule has 0 spiro atoms. The second kappa shape index (κ2) is 18.3. The number of para-hydroxylation sites is 1. The molecule has 1 saturated carbocycles. The molecular formula is C66H68N4. The molecular weight excluding hydrogens is 849 g/mol. The predicted octanol–water partition coefficient (Wildman–Crippen LogP) is 14.9. The minimum Gasteiger partial charge on any atom is -0.361 e. The lowest BCUT2D eigenvalue weighted by molar-refractivity contribution is 0.256. The first kappa shape index (κ1) is 43.5. The maximum atomic E-state index is 2.82. The molecule has 2 heterocycles. The van der Waals surface area contributed by atoms with E-state index in [0.717, 1.165) is 51.4 Å². The molecule has 0 N–H and O–H groups in total. The molecule has 4 nitrogen and oxygen atoms in total. The number of benzene rings is 4. The molecule has 4 aromatic carbocycles. The van der Waals surface area contributed by atoms with Crippen molar-refractivity contribution in [3.8, 4) is 0 Å². The van der Waals surface area contributed by atoms with Crippen molar-refractivity contribution in [3.05, 3.63) is 209 Å².